The number of hydrogen-bond acceptors (Lipinski definition) is 7. The number of carboxylic acids is 1. The molecular weight excluding hydrogens is 403 g/mol. The summed E-state index contributed by atoms with van der Waals surface area (Å²) >= 11 is 0.757. The molecule has 144 valence electrons. The molecule has 1 heterocycles. The maximum atomic E-state index is 14.3. The van der Waals surface area contributed by atoms with Gasteiger partial charge in [0.2, 0.25) is 16.8 Å². The van der Waals surface area contributed by atoms with E-state index in [2.05, 4.69) is 15.6 Å². The van der Waals surface area contributed by atoms with Gasteiger partial charge < -0.3 is 21.5 Å². The first-order valence-electron chi connectivity index (χ1n) is 6.99. The van der Waals surface area contributed by atoms with Gasteiger partial charge in [0.05, 0.1) is 23.4 Å². The maximum Gasteiger partial charge on any atom is 0.357 e. The molecule has 0 bridgehead atoms. The van der Waals surface area contributed by atoms with Crippen LogP contribution in [0.4, 0.5) is 20.8 Å². The number of hydrogen-bond donors (Lipinski definition) is 6. The highest BCUT2D eigenvalue weighted by molar-refractivity contribution is 7.74. The summed E-state index contributed by atoms with van der Waals surface area (Å²) in [7, 11) is -3.34. The van der Waals surface area contributed by atoms with Gasteiger partial charge in [-0.3, -0.25) is 10.2 Å². The highest BCUT2D eigenvalue weighted by Crippen LogP contribution is 2.33. The number of carbonyl (C=O) groups excluding carboxylic acids is 1. The van der Waals surface area contributed by atoms with Crippen LogP contribution >= 0.6 is 11.3 Å². The van der Waals surface area contributed by atoms with Gasteiger partial charge in [-0.2, -0.15) is 0 Å². The van der Waals surface area contributed by atoms with Gasteiger partial charge in [-0.25, -0.2) is 26.9 Å². The molecule has 0 fully saturated rings. The Balaban J connectivity index is 2.31. The second-order valence-electron chi connectivity index (χ2n) is 4.84. The Kier molecular flexibility index (Phi) is 6.25. The Morgan fingerprint density at radius 3 is 2.67 bits per heavy atom. The number of guanidine groups is 1. The van der Waals surface area contributed by atoms with Gasteiger partial charge in [0.15, 0.2) is 11.7 Å². The van der Waals surface area contributed by atoms with Crippen LogP contribution in [-0.2, 0) is 15.7 Å². The van der Waals surface area contributed by atoms with Crippen LogP contribution in [0.1, 0.15) is 10.5 Å². The summed E-state index contributed by atoms with van der Waals surface area (Å²) in [6.45, 7) is -0.363. The fourth-order valence-electron chi connectivity index (χ4n) is 1.93. The number of carboxylic acid groups (broad SMARTS) is 1. The molecule has 0 spiro atoms. The Morgan fingerprint density at radius 2 is 2.11 bits per heavy atom. The van der Waals surface area contributed by atoms with E-state index in [0.29, 0.717) is 4.31 Å². The number of thiazole rings is 1. The number of nitrogens with zero attached hydrogens (tertiary/aromatic N) is 2. The summed E-state index contributed by atoms with van der Waals surface area (Å²) in [5, 5.41) is 20.3. The van der Waals surface area contributed by atoms with Crippen molar-refractivity contribution >= 4 is 56.4 Å². The van der Waals surface area contributed by atoms with Gasteiger partial charge >= 0.3 is 5.97 Å². The lowest BCUT2D eigenvalue weighted by Crippen LogP contribution is -2.37. The lowest BCUT2D eigenvalue weighted by atomic mass is 10.2. The normalized spacial score (nSPS) is 10.4. The minimum absolute atomic E-state index is 0.171. The standard InChI is InChI=1S/C13H13FN6O5S2/c14-7-3-6(1-2-8(7)19-9(21)4-17-13(15)16)20(27(24)25)11-10(12(22)23)18-5-26-11/h1-3,5,27H,4H2,(H,19,21)(H,22,23)(H4,15,16,17). The van der Waals surface area contributed by atoms with Crippen molar-refractivity contribution in [3.05, 3.63) is 35.2 Å². The van der Waals surface area contributed by atoms with E-state index in [0.717, 1.165) is 29.0 Å². The zero-order valence-corrected chi connectivity index (χ0v) is 15.0. The average molecular weight is 416 g/mol. The van der Waals surface area contributed by atoms with Crippen LogP contribution < -0.4 is 20.7 Å². The summed E-state index contributed by atoms with van der Waals surface area (Å²) in [4.78, 5) is 26.4. The molecule has 1 aromatic heterocycles. The van der Waals surface area contributed by atoms with Gasteiger partial charge in [0.25, 0.3) is 0 Å². The Hall–Kier alpha value is -3.26. The fraction of sp³-hybridized carbons (Fsp3) is 0.0769. The van der Waals surface area contributed by atoms with E-state index in [4.69, 9.17) is 16.2 Å². The number of rotatable bonds is 7. The van der Waals surface area contributed by atoms with Crippen LogP contribution in [0.25, 0.3) is 0 Å². The maximum absolute atomic E-state index is 14.3. The number of anilines is 3. The third-order valence-electron chi connectivity index (χ3n) is 3.02. The third kappa shape index (κ3) is 4.89. The van der Waals surface area contributed by atoms with Crippen LogP contribution in [0, 0.1) is 11.2 Å². The number of benzene rings is 1. The molecule has 1 amide bonds. The first kappa shape index (κ1) is 20.1. The molecule has 0 aliphatic rings. The van der Waals surface area contributed by atoms with E-state index in [1.165, 1.54) is 6.07 Å². The summed E-state index contributed by atoms with van der Waals surface area (Å²) in [6.07, 6.45) is 0. The largest absolute Gasteiger partial charge is 0.476 e. The molecule has 0 atom stereocenters. The minimum Gasteiger partial charge on any atom is -0.476 e. The summed E-state index contributed by atoms with van der Waals surface area (Å²) in [5.74, 6) is -3.50. The van der Waals surface area contributed by atoms with E-state index in [1.54, 1.807) is 0 Å². The predicted molar refractivity (Wildman–Crippen MR) is 96.5 cm³/mol. The first-order chi connectivity index (χ1) is 12.7. The number of aromatic carboxylic acids is 1. The molecule has 1 aromatic carbocycles. The van der Waals surface area contributed by atoms with Crippen molar-refractivity contribution < 1.29 is 27.5 Å². The molecule has 0 saturated carbocycles. The van der Waals surface area contributed by atoms with E-state index < -0.39 is 40.2 Å². The van der Waals surface area contributed by atoms with Crippen LogP contribution in [0.2, 0.25) is 0 Å². The van der Waals surface area contributed by atoms with Crippen molar-refractivity contribution in [2.75, 3.05) is 16.2 Å². The van der Waals surface area contributed by atoms with E-state index in [-0.39, 0.29) is 22.9 Å². The molecule has 6 N–H and O–H groups in total. The van der Waals surface area contributed by atoms with Crippen LogP contribution in [-0.4, -0.2) is 42.9 Å². The molecule has 0 radical (unpaired) electrons. The third-order valence-corrected chi connectivity index (χ3v) is 4.72. The number of amides is 1. The second-order valence-corrected chi connectivity index (χ2v) is 6.55. The van der Waals surface area contributed by atoms with Crippen molar-refractivity contribution in [3.8, 4) is 0 Å². The zero-order chi connectivity index (χ0) is 20.1. The average Bonchev–Trinajstić information content (AvgIpc) is 3.04. The number of thiol groups is 1. The molecule has 0 aliphatic carbocycles. The number of carbonyl (C=O) groups is 2. The van der Waals surface area contributed by atoms with Gasteiger partial charge in [-0.1, -0.05) is 0 Å². The van der Waals surface area contributed by atoms with Crippen molar-refractivity contribution in [2.24, 2.45) is 5.73 Å². The smallest absolute Gasteiger partial charge is 0.357 e. The molecule has 11 nitrogen and oxygen atoms in total. The monoisotopic (exact) mass is 416 g/mol. The van der Waals surface area contributed by atoms with Crippen LogP contribution in [0.3, 0.4) is 0 Å². The fourth-order valence-corrected chi connectivity index (χ4v) is 3.54. The minimum atomic E-state index is -3.34. The lowest BCUT2D eigenvalue weighted by molar-refractivity contribution is -0.115. The van der Waals surface area contributed by atoms with Gasteiger partial charge in [0.1, 0.15) is 10.8 Å². The van der Waals surface area contributed by atoms with Gasteiger partial charge in [-0.05, 0) is 12.1 Å². The first-order valence-corrected chi connectivity index (χ1v) is 9.00. The molecule has 0 unspecified atom stereocenters. The molecule has 0 saturated heterocycles. The molecule has 2 rings (SSSR count). The Labute approximate surface area is 157 Å². The van der Waals surface area contributed by atoms with Crippen LogP contribution in [0.15, 0.2) is 23.7 Å². The summed E-state index contributed by atoms with van der Waals surface area (Å²) in [6, 6.07) is 3.13. The molecular formula is C13H13FN6O5S2. The van der Waals surface area contributed by atoms with Crippen molar-refractivity contribution in [1.29, 1.82) is 5.41 Å². The quantitative estimate of drug-likeness (QED) is 0.208. The number of nitrogens with one attached hydrogen (secondary N) is 3. The highest BCUT2D eigenvalue weighted by Gasteiger charge is 2.23. The summed E-state index contributed by atoms with van der Waals surface area (Å²) in [5.41, 5.74) is 5.28. The molecule has 14 heteroatoms. The van der Waals surface area contributed by atoms with Crippen molar-refractivity contribution in [3.63, 3.8) is 0 Å². The van der Waals surface area contributed by atoms with Gasteiger partial charge in [0, 0.05) is 6.07 Å². The molecule has 27 heavy (non-hydrogen) atoms. The van der Waals surface area contributed by atoms with Gasteiger partial charge in [-0.15, -0.1) is 11.3 Å². The van der Waals surface area contributed by atoms with Crippen molar-refractivity contribution in [1.82, 2.24) is 10.3 Å². The Bertz CT molecular complexity index is 968. The number of aromatic nitrogens is 1. The topological polar surface area (TPSA) is 179 Å². The predicted octanol–water partition coefficient (Wildman–Crippen LogP) is 0.0665. The second kappa shape index (κ2) is 8.41. The van der Waals surface area contributed by atoms with E-state index >= 15 is 0 Å². The van der Waals surface area contributed by atoms with E-state index in [9.17, 15) is 22.4 Å². The SMILES string of the molecule is N=C(N)NCC(=O)Nc1ccc(N(c2scnc2C(=O)O)[SH](=O)=O)cc1F. The zero-order valence-electron chi connectivity index (χ0n) is 13.3. The number of halogens is 1. The Morgan fingerprint density at radius 1 is 1.41 bits per heavy atom. The highest BCUT2D eigenvalue weighted by atomic mass is 32.2. The molecule has 0 aliphatic heterocycles. The van der Waals surface area contributed by atoms with Crippen LogP contribution in [0.5, 0.6) is 0 Å². The summed E-state index contributed by atoms with van der Waals surface area (Å²) < 4.78 is 38.1. The van der Waals surface area contributed by atoms with Crippen molar-refractivity contribution in [2.45, 2.75) is 0 Å². The lowest BCUT2D eigenvalue weighted by Gasteiger charge is -2.17. The number of nitrogens with two attached hydrogens (primary N) is 1. The molecule has 2 aromatic rings. The van der Waals surface area contributed by atoms with E-state index in [1.807, 2.05) is 0 Å².